The molecule has 1 fully saturated rings. The van der Waals surface area contributed by atoms with Crippen LogP contribution in [0.25, 0.3) is 0 Å². The Bertz CT molecular complexity index is 194. The van der Waals surface area contributed by atoms with Gasteiger partial charge >= 0.3 is 17.5 Å². The first-order chi connectivity index (χ1) is 4.83. The molecule has 1 saturated carbocycles. The van der Waals surface area contributed by atoms with Crippen LogP contribution in [0.1, 0.15) is 25.7 Å². The minimum Gasteiger partial charge on any atom is -0.266 e. The maximum atomic E-state index is 11.2. The molecule has 0 unspecified atom stereocenters. The van der Waals surface area contributed by atoms with Crippen LogP contribution in [0.5, 0.6) is 0 Å². The molecule has 0 radical (unpaired) electrons. The van der Waals surface area contributed by atoms with E-state index in [1.807, 2.05) is 0 Å². The second kappa shape index (κ2) is 2.09. The molecule has 2 aliphatic rings. The molecule has 0 aromatic carbocycles. The summed E-state index contributed by atoms with van der Waals surface area (Å²) in [5.41, 5.74) is 0.00463. The fourth-order valence-corrected chi connectivity index (χ4v) is 2.82. The third kappa shape index (κ3) is 0.732. The van der Waals surface area contributed by atoms with E-state index in [1.165, 1.54) is 24.4 Å². The number of rotatable bonds is 0. The van der Waals surface area contributed by atoms with Crippen LogP contribution in [0.15, 0.2) is 4.36 Å². The van der Waals surface area contributed by atoms with Gasteiger partial charge in [0.1, 0.15) is 5.41 Å². The highest BCUT2D eigenvalue weighted by Gasteiger charge is 2.50. The van der Waals surface area contributed by atoms with Crippen LogP contribution in [0, 0.1) is 5.41 Å². The van der Waals surface area contributed by atoms with E-state index in [-0.39, 0.29) is 11.3 Å². The van der Waals surface area contributed by atoms with Gasteiger partial charge in [-0.05, 0) is 12.8 Å². The lowest BCUT2D eigenvalue weighted by molar-refractivity contribution is -0.125. The van der Waals surface area contributed by atoms with Gasteiger partial charge in [0.2, 0.25) is 5.75 Å². The Hall–Kier alpha value is -0.310. The smallest absolute Gasteiger partial charge is 0.266 e. The largest absolute Gasteiger partial charge is 0.320 e. The van der Waals surface area contributed by atoms with Crippen LogP contribution in [-0.4, -0.2) is 11.7 Å². The van der Waals surface area contributed by atoms with Gasteiger partial charge in [-0.15, -0.1) is 0 Å². The maximum Gasteiger partial charge on any atom is 0.320 e. The number of hydrogen-bond donors (Lipinski definition) is 0. The molecule has 0 saturated heterocycles. The Labute approximate surface area is 64.1 Å². The summed E-state index contributed by atoms with van der Waals surface area (Å²) in [4.78, 5) is 11.2. The van der Waals surface area contributed by atoms with Gasteiger partial charge in [-0.2, -0.15) is 0 Å². The number of amides is 1. The van der Waals surface area contributed by atoms with Gasteiger partial charge in [0.25, 0.3) is 0 Å². The van der Waals surface area contributed by atoms with E-state index in [0.717, 1.165) is 18.6 Å². The average Bonchev–Trinajstić information content (AvgIpc) is 2.48. The summed E-state index contributed by atoms with van der Waals surface area (Å²) >= 11 is 1.45. The predicted octanol–water partition coefficient (Wildman–Crippen LogP) is 1.35. The molecule has 54 valence electrons. The van der Waals surface area contributed by atoms with Gasteiger partial charge in [0.15, 0.2) is 0 Å². The highest BCUT2D eigenvalue weighted by Crippen LogP contribution is 2.41. The standard InChI is InChI=1S/C7H10NOS/c9-6-7(5-10-8-6)3-1-2-4-7/h1-5H2/q+1. The molecule has 1 amide bonds. The van der Waals surface area contributed by atoms with Gasteiger partial charge in [-0.3, -0.25) is 4.79 Å². The van der Waals surface area contributed by atoms with Gasteiger partial charge < -0.3 is 0 Å². The summed E-state index contributed by atoms with van der Waals surface area (Å²) in [7, 11) is 0. The second-order valence-corrected chi connectivity index (χ2v) is 3.89. The van der Waals surface area contributed by atoms with Gasteiger partial charge in [0, 0.05) is 0 Å². The van der Waals surface area contributed by atoms with E-state index in [1.54, 1.807) is 0 Å². The van der Waals surface area contributed by atoms with E-state index < -0.39 is 0 Å². The molecule has 1 aliphatic heterocycles. The zero-order valence-corrected chi connectivity index (χ0v) is 6.62. The molecule has 3 heteroatoms. The highest BCUT2D eigenvalue weighted by atomic mass is 32.1. The molecule has 0 bridgehead atoms. The molecule has 2 rings (SSSR count). The third-order valence-electron chi connectivity index (χ3n) is 2.50. The van der Waals surface area contributed by atoms with Crippen molar-refractivity contribution >= 4 is 17.5 Å². The molecular weight excluding hydrogens is 146 g/mol. The zero-order valence-electron chi connectivity index (χ0n) is 5.80. The number of carbonyl (C=O) groups is 1. The molecule has 10 heavy (non-hydrogen) atoms. The Morgan fingerprint density at radius 2 is 2.10 bits per heavy atom. The van der Waals surface area contributed by atoms with Gasteiger partial charge in [-0.1, -0.05) is 12.8 Å². The van der Waals surface area contributed by atoms with E-state index in [9.17, 15) is 4.79 Å². The van der Waals surface area contributed by atoms with Crippen molar-refractivity contribution in [1.29, 1.82) is 0 Å². The van der Waals surface area contributed by atoms with E-state index in [2.05, 4.69) is 4.36 Å². The quantitative estimate of drug-likeness (QED) is 0.487. The fourth-order valence-electron chi connectivity index (χ4n) is 1.78. The van der Waals surface area contributed by atoms with Crippen LogP contribution < -0.4 is 0 Å². The highest BCUT2D eigenvalue weighted by molar-refractivity contribution is 7.69. The van der Waals surface area contributed by atoms with Crippen molar-refractivity contribution in [3.63, 3.8) is 0 Å². The summed E-state index contributed by atoms with van der Waals surface area (Å²) in [5.74, 6) is 1.11. The van der Waals surface area contributed by atoms with Crippen LogP contribution in [0.4, 0.5) is 0 Å². The van der Waals surface area contributed by atoms with Crippen LogP contribution in [0.3, 0.4) is 0 Å². The normalized spacial score (nSPS) is 28.6. The van der Waals surface area contributed by atoms with E-state index >= 15 is 0 Å². The van der Waals surface area contributed by atoms with Crippen molar-refractivity contribution in [2.24, 2.45) is 9.78 Å². The van der Waals surface area contributed by atoms with E-state index in [4.69, 9.17) is 0 Å². The molecule has 0 aromatic rings. The summed E-state index contributed by atoms with van der Waals surface area (Å²) < 4.78 is 3.85. The van der Waals surface area contributed by atoms with Crippen molar-refractivity contribution in [1.82, 2.24) is 0 Å². The number of carbonyl (C=O) groups excluding carboxylic acids is 1. The lowest BCUT2D eigenvalue weighted by Crippen LogP contribution is -2.25. The minimum atomic E-state index is 0.00463. The Balaban J connectivity index is 2.23. The van der Waals surface area contributed by atoms with Gasteiger partial charge in [0.05, 0.1) is 4.36 Å². The molecular formula is C7H10NOS+. The lowest BCUT2D eigenvalue weighted by atomic mass is 9.88. The average molecular weight is 156 g/mol. The SMILES string of the molecule is O=C1N=[S+]CC12CCCC2. The van der Waals surface area contributed by atoms with Crippen molar-refractivity contribution in [3.05, 3.63) is 0 Å². The van der Waals surface area contributed by atoms with Crippen LogP contribution in [0.2, 0.25) is 0 Å². The summed E-state index contributed by atoms with van der Waals surface area (Å²) in [6.07, 6.45) is 4.62. The molecule has 1 aliphatic carbocycles. The monoisotopic (exact) mass is 156 g/mol. The Morgan fingerprint density at radius 1 is 1.40 bits per heavy atom. The van der Waals surface area contributed by atoms with E-state index in [0.29, 0.717) is 0 Å². The first-order valence-electron chi connectivity index (χ1n) is 3.71. The minimum absolute atomic E-state index is 0.00463. The van der Waals surface area contributed by atoms with Crippen molar-refractivity contribution in [2.45, 2.75) is 25.7 Å². The molecule has 1 heterocycles. The molecule has 0 aromatic heterocycles. The van der Waals surface area contributed by atoms with Crippen molar-refractivity contribution in [3.8, 4) is 0 Å². The fraction of sp³-hybridized carbons (Fsp3) is 0.857. The zero-order chi connectivity index (χ0) is 7.03. The molecule has 1 spiro atoms. The Morgan fingerprint density at radius 3 is 2.60 bits per heavy atom. The molecule has 0 N–H and O–H groups in total. The number of nitrogens with zero attached hydrogens (tertiary/aromatic N) is 1. The van der Waals surface area contributed by atoms with Crippen LogP contribution >= 0.6 is 0 Å². The third-order valence-corrected chi connectivity index (χ3v) is 3.48. The topological polar surface area (TPSA) is 29.4 Å². The number of hydrogen-bond acceptors (Lipinski definition) is 1. The van der Waals surface area contributed by atoms with Crippen molar-refractivity contribution < 1.29 is 4.79 Å². The summed E-state index contributed by atoms with van der Waals surface area (Å²) in [6, 6.07) is 0. The first-order valence-corrected chi connectivity index (χ1v) is 4.65. The predicted molar refractivity (Wildman–Crippen MR) is 40.6 cm³/mol. The lowest BCUT2D eigenvalue weighted by Gasteiger charge is -2.10. The van der Waals surface area contributed by atoms with Gasteiger partial charge in [-0.25, -0.2) is 0 Å². The Kier molecular flexibility index (Phi) is 1.34. The second-order valence-electron chi connectivity index (χ2n) is 3.16. The van der Waals surface area contributed by atoms with Crippen LogP contribution in [-0.2, 0) is 16.4 Å². The molecule has 0 atom stereocenters. The summed E-state index contributed by atoms with van der Waals surface area (Å²) in [5, 5.41) is 0. The first kappa shape index (κ1) is 6.40. The van der Waals surface area contributed by atoms with Crippen molar-refractivity contribution in [2.75, 3.05) is 5.75 Å². The molecule has 2 nitrogen and oxygen atoms in total. The maximum absolute atomic E-state index is 11.2. The summed E-state index contributed by atoms with van der Waals surface area (Å²) in [6.45, 7) is 0.